The lowest BCUT2D eigenvalue weighted by atomic mass is 10.0. The van der Waals surface area contributed by atoms with Gasteiger partial charge in [-0.25, -0.2) is 14.7 Å². The summed E-state index contributed by atoms with van der Waals surface area (Å²) in [6.07, 6.45) is -0.679. The van der Waals surface area contributed by atoms with Gasteiger partial charge in [0, 0.05) is 7.11 Å². The Morgan fingerprint density at radius 3 is 2.43 bits per heavy atom. The maximum absolute atomic E-state index is 11.9. The van der Waals surface area contributed by atoms with Crippen LogP contribution in [0.15, 0.2) is 0 Å². The van der Waals surface area contributed by atoms with Gasteiger partial charge in [-0.1, -0.05) is 0 Å². The van der Waals surface area contributed by atoms with Gasteiger partial charge in [0.1, 0.15) is 18.2 Å². The molecule has 0 aromatic heterocycles. The van der Waals surface area contributed by atoms with Gasteiger partial charge in [0.25, 0.3) is 5.91 Å². The van der Waals surface area contributed by atoms with Gasteiger partial charge in [-0.05, 0) is 27.7 Å². The van der Waals surface area contributed by atoms with Crippen molar-refractivity contribution >= 4 is 18.0 Å². The van der Waals surface area contributed by atoms with Gasteiger partial charge in [-0.2, -0.15) is 0 Å². The fraction of sp³-hybridized carbons (Fsp3) is 0.786. The molecule has 2 atom stereocenters. The van der Waals surface area contributed by atoms with Crippen LogP contribution < -0.4 is 5.32 Å². The zero-order valence-corrected chi connectivity index (χ0v) is 14.1. The molecule has 0 saturated carbocycles. The van der Waals surface area contributed by atoms with Crippen molar-refractivity contribution in [3.05, 3.63) is 0 Å². The molecular weight excluding hydrogens is 308 g/mol. The smallest absolute Gasteiger partial charge is 0.408 e. The van der Waals surface area contributed by atoms with E-state index in [1.807, 2.05) is 0 Å². The van der Waals surface area contributed by atoms with E-state index in [0.717, 1.165) is 5.06 Å². The van der Waals surface area contributed by atoms with Gasteiger partial charge in [-0.15, -0.1) is 0 Å². The van der Waals surface area contributed by atoms with E-state index in [4.69, 9.17) is 19.0 Å². The Balaban J connectivity index is 2.33. The highest BCUT2D eigenvalue weighted by atomic mass is 16.7. The van der Waals surface area contributed by atoms with Crippen molar-refractivity contribution in [2.75, 3.05) is 26.9 Å². The fourth-order valence-corrected chi connectivity index (χ4v) is 1.80. The van der Waals surface area contributed by atoms with Crippen LogP contribution in [0.2, 0.25) is 0 Å². The first-order chi connectivity index (χ1) is 10.7. The number of carbonyl (C=O) groups excluding carboxylic acids is 3. The Bertz CT molecular complexity index is 447. The van der Waals surface area contributed by atoms with Crippen LogP contribution in [0.4, 0.5) is 4.79 Å². The minimum Gasteiger partial charge on any atom is -0.461 e. The average Bonchev–Trinajstić information content (AvgIpc) is 2.43. The number of esters is 1. The number of β-lactam (4-membered cyclic amide) rings is 1. The number of amides is 2. The van der Waals surface area contributed by atoms with Crippen LogP contribution in [0.25, 0.3) is 0 Å². The zero-order chi connectivity index (χ0) is 17.6. The molecule has 23 heavy (non-hydrogen) atoms. The number of methoxy groups -OCH3 is 1. The molecule has 1 aliphatic heterocycles. The van der Waals surface area contributed by atoms with Crippen LogP contribution >= 0.6 is 0 Å². The predicted molar refractivity (Wildman–Crippen MR) is 78.3 cm³/mol. The fourth-order valence-electron chi connectivity index (χ4n) is 1.80. The first-order valence-electron chi connectivity index (χ1n) is 7.25. The van der Waals surface area contributed by atoms with Crippen LogP contribution in [0.1, 0.15) is 27.7 Å². The Labute approximate surface area is 135 Å². The van der Waals surface area contributed by atoms with E-state index in [-0.39, 0.29) is 19.8 Å². The summed E-state index contributed by atoms with van der Waals surface area (Å²) in [6.45, 7) is 6.87. The summed E-state index contributed by atoms with van der Waals surface area (Å²) in [5.41, 5.74) is -0.651. The molecule has 9 nitrogen and oxygen atoms in total. The van der Waals surface area contributed by atoms with Gasteiger partial charge in [-0.3, -0.25) is 9.63 Å². The van der Waals surface area contributed by atoms with Crippen molar-refractivity contribution in [2.45, 2.75) is 45.4 Å². The lowest BCUT2D eigenvalue weighted by Gasteiger charge is -2.43. The monoisotopic (exact) mass is 332 g/mol. The minimum atomic E-state index is -0.741. The molecule has 132 valence electrons. The second-order valence-corrected chi connectivity index (χ2v) is 6.02. The van der Waals surface area contributed by atoms with Crippen LogP contribution in [-0.2, 0) is 28.6 Å². The van der Waals surface area contributed by atoms with Crippen molar-refractivity contribution < 1.29 is 33.4 Å². The molecule has 1 aliphatic rings. The second kappa shape index (κ2) is 8.11. The van der Waals surface area contributed by atoms with Crippen molar-refractivity contribution in [3.63, 3.8) is 0 Å². The number of nitrogens with one attached hydrogen (secondary N) is 1. The van der Waals surface area contributed by atoms with Crippen LogP contribution in [-0.4, -0.2) is 67.6 Å². The van der Waals surface area contributed by atoms with Crippen molar-refractivity contribution in [1.29, 1.82) is 0 Å². The highest BCUT2D eigenvalue weighted by Crippen LogP contribution is 2.20. The maximum Gasteiger partial charge on any atom is 0.408 e. The molecule has 0 bridgehead atoms. The summed E-state index contributed by atoms with van der Waals surface area (Å²) in [5, 5.41) is 3.49. The predicted octanol–water partition coefficient (Wildman–Crippen LogP) is 0.232. The standard InChI is InChI=1S/C14H24N2O7/c1-9-11(15-13(19)23-14(2,3)4)12(18)16(9)22-8-10(17)21-7-6-20-5/h9,11H,6-8H2,1-5H3,(H,15,19)/t9-,11-/m0/s1. The summed E-state index contributed by atoms with van der Waals surface area (Å²) >= 11 is 0. The highest BCUT2D eigenvalue weighted by molar-refractivity contribution is 5.91. The number of carbonyl (C=O) groups is 3. The summed E-state index contributed by atoms with van der Waals surface area (Å²) in [5.74, 6) is -1.06. The number of ether oxygens (including phenoxy) is 3. The van der Waals surface area contributed by atoms with Gasteiger partial charge in [0.15, 0.2) is 6.61 Å². The molecule has 0 spiro atoms. The molecule has 1 heterocycles. The molecule has 9 heteroatoms. The molecule has 0 aromatic rings. The maximum atomic E-state index is 11.9. The number of nitrogens with zero attached hydrogens (tertiary/aromatic N) is 1. The first kappa shape index (κ1) is 19.2. The van der Waals surface area contributed by atoms with E-state index in [2.05, 4.69) is 5.32 Å². The molecular formula is C14H24N2O7. The molecule has 0 aromatic carbocycles. The number of alkyl carbamates (subject to hydrolysis) is 1. The van der Waals surface area contributed by atoms with E-state index in [1.54, 1.807) is 27.7 Å². The quantitative estimate of drug-likeness (QED) is 0.404. The number of hydrogen-bond donors (Lipinski definition) is 1. The Morgan fingerprint density at radius 2 is 1.91 bits per heavy atom. The molecule has 0 radical (unpaired) electrons. The molecule has 1 N–H and O–H groups in total. The minimum absolute atomic E-state index is 0.116. The summed E-state index contributed by atoms with van der Waals surface area (Å²) in [6, 6.07) is -1.16. The molecule has 1 rings (SSSR count). The van der Waals surface area contributed by atoms with Crippen LogP contribution in [0.5, 0.6) is 0 Å². The van der Waals surface area contributed by atoms with Gasteiger partial charge < -0.3 is 19.5 Å². The summed E-state index contributed by atoms with van der Waals surface area (Å²) in [4.78, 5) is 40.0. The SMILES string of the molecule is COCCOC(=O)CON1C(=O)[C@@H](NC(=O)OC(C)(C)C)[C@@H]1C. The average molecular weight is 332 g/mol. The molecule has 0 unspecified atom stereocenters. The molecule has 2 amide bonds. The lowest BCUT2D eigenvalue weighted by Crippen LogP contribution is -2.69. The second-order valence-electron chi connectivity index (χ2n) is 6.02. The summed E-state index contributed by atoms with van der Waals surface area (Å²) in [7, 11) is 1.49. The van der Waals surface area contributed by atoms with Crippen molar-refractivity contribution in [1.82, 2.24) is 10.4 Å². The molecule has 0 aliphatic carbocycles. The van der Waals surface area contributed by atoms with E-state index in [0.29, 0.717) is 0 Å². The third-order valence-electron chi connectivity index (χ3n) is 2.88. The third kappa shape index (κ3) is 6.03. The van der Waals surface area contributed by atoms with Crippen molar-refractivity contribution in [3.8, 4) is 0 Å². The topological polar surface area (TPSA) is 103 Å². The summed E-state index contributed by atoms with van der Waals surface area (Å²) < 4.78 is 14.6. The molecule has 1 fully saturated rings. The van der Waals surface area contributed by atoms with Crippen molar-refractivity contribution in [2.24, 2.45) is 0 Å². The third-order valence-corrected chi connectivity index (χ3v) is 2.88. The van der Waals surface area contributed by atoms with Gasteiger partial charge in [0.2, 0.25) is 0 Å². The van der Waals surface area contributed by atoms with E-state index < -0.39 is 35.7 Å². The van der Waals surface area contributed by atoms with Crippen LogP contribution in [0.3, 0.4) is 0 Å². The lowest BCUT2D eigenvalue weighted by molar-refractivity contribution is -0.234. The Morgan fingerprint density at radius 1 is 1.26 bits per heavy atom. The number of hydrogen-bond acceptors (Lipinski definition) is 7. The molecule has 1 saturated heterocycles. The normalized spacial score (nSPS) is 20.7. The van der Waals surface area contributed by atoms with Crippen LogP contribution in [0, 0.1) is 0 Å². The van der Waals surface area contributed by atoms with E-state index in [1.165, 1.54) is 7.11 Å². The number of rotatable bonds is 7. The Kier molecular flexibility index (Phi) is 6.77. The zero-order valence-electron chi connectivity index (χ0n) is 14.1. The van der Waals surface area contributed by atoms with Gasteiger partial charge in [0.05, 0.1) is 12.6 Å². The van der Waals surface area contributed by atoms with E-state index >= 15 is 0 Å². The largest absolute Gasteiger partial charge is 0.461 e. The first-order valence-corrected chi connectivity index (χ1v) is 7.25. The van der Waals surface area contributed by atoms with Gasteiger partial charge >= 0.3 is 12.1 Å². The number of hydroxylamine groups is 2. The highest BCUT2D eigenvalue weighted by Gasteiger charge is 2.47. The Hall–Kier alpha value is -1.87. The van der Waals surface area contributed by atoms with E-state index in [9.17, 15) is 14.4 Å².